The fourth-order valence-corrected chi connectivity index (χ4v) is 2.61. The van der Waals surface area contributed by atoms with Gasteiger partial charge in [-0.2, -0.15) is 0 Å². The molecule has 0 saturated heterocycles. The van der Waals surface area contributed by atoms with Crippen molar-refractivity contribution in [1.29, 1.82) is 0 Å². The summed E-state index contributed by atoms with van der Waals surface area (Å²) in [6.45, 7) is 5.52. The molecule has 0 saturated carbocycles. The normalized spacial score (nSPS) is 14.1. The first kappa shape index (κ1) is 14.6. The Morgan fingerprint density at radius 1 is 1.20 bits per heavy atom. The van der Waals surface area contributed by atoms with Crippen LogP contribution in [0.15, 0.2) is 30.5 Å². The summed E-state index contributed by atoms with van der Waals surface area (Å²) in [6.07, 6.45) is 1.57. The van der Waals surface area contributed by atoms with Gasteiger partial charge in [0.15, 0.2) is 0 Å². The summed E-state index contributed by atoms with van der Waals surface area (Å²) >= 11 is 0. The molecule has 1 atom stereocenters. The second-order valence-corrected chi connectivity index (χ2v) is 5.13. The molecular weight excluding hydrogens is 258 g/mol. The van der Waals surface area contributed by atoms with E-state index in [4.69, 9.17) is 5.73 Å². The number of rotatable bonds is 3. The van der Waals surface area contributed by atoms with Crippen LogP contribution in [0, 0.1) is 25.5 Å². The standard InChI is InChI=1S/C16H18F2N2/c1-4-16(19,14-6-5-12(17)9-20-14)15-11(3)7-10(2)8-13(15)18/h5-9H,4,19H2,1-3H3. The smallest absolute Gasteiger partial charge is 0.141 e. The lowest BCUT2D eigenvalue weighted by Gasteiger charge is -2.30. The predicted molar refractivity (Wildman–Crippen MR) is 75.3 cm³/mol. The average molecular weight is 276 g/mol. The molecule has 1 unspecified atom stereocenters. The quantitative estimate of drug-likeness (QED) is 0.930. The Kier molecular flexibility index (Phi) is 3.86. The van der Waals surface area contributed by atoms with Crippen molar-refractivity contribution in [3.8, 4) is 0 Å². The van der Waals surface area contributed by atoms with Gasteiger partial charge in [0.2, 0.25) is 0 Å². The molecule has 0 fully saturated rings. The van der Waals surface area contributed by atoms with Crippen LogP contribution in [0.2, 0.25) is 0 Å². The zero-order valence-corrected chi connectivity index (χ0v) is 11.9. The number of hydrogen-bond acceptors (Lipinski definition) is 2. The Labute approximate surface area is 117 Å². The van der Waals surface area contributed by atoms with E-state index in [1.807, 2.05) is 26.8 Å². The van der Waals surface area contributed by atoms with Crippen LogP contribution >= 0.6 is 0 Å². The summed E-state index contributed by atoms with van der Waals surface area (Å²) in [5.74, 6) is -0.786. The summed E-state index contributed by atoms with van der Waals surface area (Å²) in [5.41, 5.74) is 7.86. The first-order chi connectivity index (χ1) is 9.38. The molecule has 0 bridgehead atoms. The lowest BCUT2D eigenvalue weighted by molar-refractivity contribution is 0.462. The number of halogens is 2. The summed E-state index contributed by atoms with van der Waals surface area (Å²) in [5, 5.41) is 0. The van der Waals surface area contributed by atoms with Crippen LogP contribution in [-0.2, 0) is 5.54 Å². The van der Waals surface area contributed by atoms with Crippen LogP contribution in [-0.4, -0.2) is 4.98 Å². The van der Waals surface area contributed by atoms with E-state index >= 15 is 0 Å². The molecule has 0 aliphatic carbocycles. The van der Waals surface area contributed by atoms with Gasteiger partial charge in [0.1, 0.15) is 11.6 Å². The van der Waals surface area contributed by atoms with Crippen LogP contribution in [0.4, 0.5) is 8.78 Å². The van der Waals surface area contributed by atoms with Gasteiger partial charge in [0.25, 0.3) is 0 Å². The van der Waals surface area contributed by atoms with Crippen molar-refractivity contribution in [2.45, 2.75) is 32.7 Å². The first-order valence-corrected chi connectivity index (χ1v) is 6.56. The molecule has 1 aromatic carbocycles. The molecule has 0 radical (unpaired) electrons. The topological polar surface area (TPSA) is 38.9 Å². The highest BCUT2D eigenvalue weighted by Gasteiger charge is 2.33. The van der Waals surface area contributed by atoms with Gasteiger partial charge in [0.05, 0.1) is 17.4 Å². The van der Waals surface area contributed by atoms with E-state index in [-0.39, 0.29) is 5.82 Å². The molecule has 1 heterocycles. The summed E-state index contributed by atoms with van der Waals surface area (Å²) in [6, 6.07) is 6.15. The Morgan fingerprint density at radius 3 is 2.40 bits per heavy atom. The third-order valence-electron chi connectivity index (χ3n) is 3.62. The van der Waals surface area contributed by atoms with E-state index in [1.54, 1.807) is 0 Å². The van der Waals surface area contributed by atoms with Gasteiger partial charge in [-0.25, -0.2) is 8.78 Å². The van der Waals surface area contributed by atoms with Crippen LogP contribution in [0.5, 0.6) is 0 Å². The minimum absolute atomic E-state index is 0.349. The largest absolute Gasteiger partial charge is 0.316 e. The maximum absolute atomic E-state index is 14.4. The molecule has 20 heavy (non-hydrogen) atoms. The van der Waals surface area contributed by atoms with Crippen molar-refractivity contribution in [3.63, 3.8) is 0 Å². The molecule has 0 spiro atoms. The summed E-state index contributed by atoms with van der Waals surface area (Å²) < 4.78 is 27.4. The highest BCUT2D eigenvalue weighted by Crippen LogP contribution is 2.33. The van der Waals surface area contributed by atoms with E-state index < -0.39 is 11.4 Å². The van der Waals surface area contributed by atoms with Gasteiger partial charge in [-0.3, -0.25) is 4.98 Å². The van der Waals surface area contributed by atoms with Gasteiger partial charge in [-0.15, -0.1) is 0 Å². The summed E-state index contributed by atoms with van der Waals surface area (Å²) in [4.78, 5) is 4.04. The maximum atomic E-state index is 14.4. The monoisotopic (exact) mass is 276 g/mol. The van der Waals surface area contributed by atoms with Gasteiger partial charge in [-0.05, 0) is 49.6 Å². The number of aryl methyl sites for hydroxylation is 2. The average Bonchev–Trinajstić information content (AvgIpc) is 2.37. The third kappa shape index (κ3) is 2.43. The van der Waals surface area contributed by atoms with Crippen molar-refractivity contribution in [2.75, 3.05) is 0 Å². The molecular formula is C16H18F2N2. The first-order valence-electron chi connectivity index (χ1n) is 6.56. The number of benzene rings is 1. The lowest BCUT2D eigenvalue weighted by Crippen LogP contribution is -2.40. The molecule has 0 aliphatic rings. The Balaban J connectivity index is 2.65. The number of nitrogens with two attached hydrogens (primary N) is 1. The SMILES string of the molecule is CCC(N)(c1ccc(F)cn1)c1c(C)cc(C)cc1F. The summed E-state index contributed by atoms with van der Waals surface area (Å²) in [7, 11) is 0. The third-order valence-corrected chi connectivity index (χ3v) is 3.62. The number of aromatic nitrogens is 1. The number of pyridine rings is 1. The molecule has 2 aromatic rings. The van der Waals surface area contributed by atoms with E-state index in [1.165, 1.54) is 18.2 Å². The van der Waals surface area contributed by atoms with E-state index in [9.17, 15) is 8.78 Å². The number of hydrogen-bond donors (Lipinski definition) is 1. The molecule has 4 heteroatoms. The van der Waals surface area contributed by atoms with Crippen molar-refractivity contribution in [1.82, 2.24) is 4.98 Å². The highest BCUT2D eigenvalue weighted by atomic mass is 19.1. The molecule has 106 valence electrons. The van der Waals surface area contributed by atoms with Gasteiger partial charge in [0, 0.05) is 5.56 Å². The van der Waals surface area contributed by atoms with Crippen LogP contribution in [0.1, 0.15) is 35.7 Å². The second-order valence-electron chi connectivity index (χ2n) is 5.13. The van der Waals surface area contributed by atoms with Crippen LogP contribution in [0.25, 0.3) is 0 Å². The van der Waals surface area contributed by atoms with E-state index in [0.717, 1.165) is 17.3 Å². The minimum Gasteiger partial charge on any atom is -0.316 e. The van der Waals surface area contributed by atoms with Gasteiger partial charge in [-0.1, -0.05) is 13.0 Å². The van der Waals surface area contributed by atoms with Crippen molar-refractivity contribution < 1.29 is 8.78 Å². The molecule has 2 N–H and O–H groups in total. The Bertz CT molecular complexity index is 600. The van der Waals surface area contributed by atoms with Crippen LogP contribution in [0.3, 0.4) is 0 Å². The second kappa shape index (κ2) is 5.29. The minimum atomic E-state index is -1.06. The fourth-order valence-electron chi connectivity index (χ4n) is 2.61. The van der Waals surface area contributed by atoms with Crippen molar-refractivity contribution >= 4 is 0 Å². The molecule has 1 aromatic heterocycles. The zero-order chi connectivity index (χ0) is 14.9. The van der Waals surface area contributed by atoms with Crippen LogP contribution < -0.4 is 5.73 Å². The lowest BCUT2D eigenvalue weighted by atomic mass is 9.81. The Hall–Kier alpha value is -1.81. The number of nitrogens with zero attached hydrogens (tertiary/aromatic N) is 1. The molecule has 0 aliphatic heterocycles. The molecule has 2 rings (SSSR count). The molecule has 0 amide bonds. The fraction of sp³-hybridized carbons (Fsp3) is 0.312. The molecule has 2 nitrogen and oxygen atoms in total. The zero-order valence-electron chi connectivity index (χ0n) is 11.9. The highest BCUT2D eigenvalue weighted by molar-refractivity contribution is 5.42. The van der Waals surface area contributed by atoms with Crippen molar-refractivity contribution in [3.05, 3.63) is 64.5 Å². The predicted octanol–water partition coefficient (Wildman–Crippen LogP) is 3.59. The Morgan fingerprint density at radius 2 is 1.90 bits per heavy atom. The van der Waals surface area contributed by atoms with E-state index in [0.29, 0.717) is 17.7 Å². The van der Waals surface area contributed by atoms with Gasteiger partial charge < -0.3 is 5.73 Å². The maximum Gasteiger partial charge on any atom is 0.141 e. The van der Waals surface area contributed by atoms with E-state index in [2.05, 4.69) is 4.98 Å². The van der Waals surface area contributed by atoms with Crippen molar-refractivity contribution in [2.24, 2.45) is 5.73 Å². The van der Waals surface area contributed by atoms with Gasteiger partial charge >= 0.3 is 0 Å².